The molecule has 25 heavy (non-hydrogen) atoms. The van der Waals surface area contributed by atoms with Gasteiger partial charge in [-0.05, 0) is 24.5 Å². The zero-order valence-corrected chi connectivity index (χ0v) is 15.4. The average molecular weight is 391 g/mol. The van der Waals surface area contributed by atoms with Gasteiger partial charge in [-0.2, -0.15) is 0 Å². The number of hydrazine groups is 1. The van der Waals surface area contributed by atoms with Crippen LogP contribution in [0.4, 0.5) is 0 Å². The quantitative estimate of drug-likeness (QED) is 0.724. The lowest BCUT2D eigenvalue weighted by Crippen LogP contribution is -2.42. The zero-order chi connectivity index (χ0) is 18.6. The zero-order valence-electron chi connectivity index (χ0n) is 13.8. The minimum atomic E-state index is -3.04. The number of carbonyl (C=O) groups is 2. The first-order valence-corrected chi connectivity index (χ1v) is 9.66. The van der Waals surface area contributed by atoms with Crippen molar-refractivity contribution in [2.45, 2.75) is 12.8 Å². The van der Waals surface area contributed by atoms with Gasteiger partial charge in [-0.3, -0.25) is 20.4 Å². The molecule has 0 aromatic heterocycles. The Morgan fingerprint density at radius 2 is 1.96 bits per heavy atom. The van der Waals surface area contributed by atoms with E-state index in [1.165, 1.54) is 26.4 Å². The van der Waals surface area contributed by atoms with Crippen molar-refractivity contribution in [2.24, 2.45) is 5.92 Å². The van der Waals surface area contributed by atoms with Gasteiger partial charge < -0.3 is 9.47 Å². The third kappa shape index (κ3) is 4.99. The second-order valence-corrected chi connectivity index (χ2v) is 8.30. The second-order valence-electron chi connectivity index (χ2n) is 5.67. The SMILES string of the molecule is COc1cc(C(=O)NNC(=O)C[C@@H]2CCS(=O)(=O)C2)cc(Cl)c1OC. The van der Waals surface area contributed by atoms with Gasteiger partial charge in [0.2, 0.25) is 5.91 Å². The average Bonchev–Trinajstić information content (AvgIpc) is 2.90. The van der Waals surface area contributed by atoms with E-state index in [2.05, 4.69) is 10.9 Å². The topological polar surface area (TPSA) is 111 Å². The number of rotatable bonds is 5. The van der Waals surface area contributed by atoms with Crippen molar-refractivity contribution >= 4 is 33.3 Å². The fraction of sp³-hybridized carbons (Fsp3) is 0.467. The summed E-state index contributed by atoms with van der Waals surface area (Å²) in [4.78, 5) is 24.0. The Kier molecular flexibility index (Phi) is 6.12. The molecule has 1 aromatic carbocycles. The molecule has 1 aromatic rings. The van der Waals surface area contributed by atoms with Crippen molar-refractivity contribution in [3.63, 3.8) is 0 Å². The van der Waals surface area contributed by atoms with Crippen LogP contribution in [-0.2, 0) is 14.6 Å². The summed E-state index contributed by atoms with van der Waals surface area (Å²) in [6.07, 6.45) is 0.487. The highest BCUT2D eigenvalue weighted by Crippen LogP contribution is 2.35. The van der Waals surface area contributed by atoms with E-state index >= 15 is 0 Å². The molecule has 1 fully saturated rings. The molecule has 1 aliphatic heterocycles. The van der Waals surface area contributed by atoms with Gasteiger partial charge in [-0.15, -0.1) is 0 Å². The standard InChI is InChI=1S/C15H19ClN2O6S/c1-23-12-7-10(6-11(16)14(12)24-2)15(20)18-17-13(19)5-9-3-4-25(21,22)8-9/h6-7,9H,3-5,8H2,1-2H3,(H,17,19)(H,18,20)/t9-/m0/s1. The highest BCUT2D eigenvalue weighted by molar-refractivity contribution is 7.91. The normalized spacial score (nSPS) is 18.4. The van der Waals surface area contributed by atoms with Crippen molar-refractivity contribution < 1.29 is 27.5 Å². The molecule has 0 aliphatic carbocycles. The summed E-state index contributed by atoms with van der Waals surface area (Å²) in [7, 11) is -0.209. The van der Waals surface area contributed by atoms with E-state index in [0.29, 0.717) is 12.2 Å². The lowest BCUT2D eigenvalue weighted by Gasteiger charge is -2.13. The molecule has 0 spiro atoms. The molecule has 1 heterocycles. The van der Waals surface area contributed by atoms with E-state index in [4.69, 9.17) is 21.1 Å². The summed E-state index contributed by atoms with van der Waals surface area (Å²) in [5.41, 5.74) is 4.71. The van der Waals surface area contributed by atoms with Crippen LogP contribution in [0.25, 0.3) is 0 Å². The number of methoxy groups -OCH3 is 2. The van der Waals surface area contributed by atoms with Gasteiger partial charge in [0.15, 0.2) is 21.3 Å². The summed E-state index contributed by atoms with van der Waals surface area (Å²) < 4.78 is 33.0. The fourth-order valence-electron chi connectivity index (χ4n) is 2.59. The summed E-state index contributed by atoms with van der Waals surface area (Å²) in [6, 6.07) is 2.81. The molecule has 0 unspecified atom stereocenters. The fourth-order valence-corrected chi connectivity index (χ4v) is 4.74. The predicted octanol–water partition coefficient (Wildman–Crippen LogP) is 0.943. The molecular weight excluding hydrogens is 372 g/mol. The Labute approximate surface area is 150 Å². The molecule has 138 valence electrons. The van der Waals surface area contributed by atoms with Gasteiger partial charge in [0, 0.05) is 12.0 Å². The number of hydrogen-bond donors (Lipinski definition) is 2. The smallest absolute Gasteiger partial charge is 0.269 e. The summed E-state index contributed by atoms with van der Waals surface area (Å²) in [6.45, 7) is 0. The number of halogens is 1. The van der Waals surface area contributed by atoms with Crippen LogP contribution in [0.2, 0.25) is 5.02 Å². The Balaban J connectivity index is 1.94. The van der Waals surface area contributed by atoms with Crippen LogP contribution < -0.4 is 20.3 Å². The molecule has 8 nitrogen and oxygen atoms in total. The molecule has 2 amide bonds. The maximum Gasteiger partial charge on any atom is 0.269 e. The molecule has 1 atom stereocenters. The number of benzene rings is 1. The molecule has 1 saturated heterocycles. The van der Waals surface area contributed by atoms with Gasteiger partial charge in [-0.1, -0.05) is 11.6 Å². The monoisotopic (exact) mass is 390 g/mol. The number of nitrogens with one attached hydrogen (secondary N) is 2. The molecular formula is C15H19ClN2O6S. The van der Waals surface area contributed by atoms with Crippen molar-refractivity contribution in [3.8, 4) is 11.5 Å². The number of carbonyl (C=O) groups excluding carboxylic acids is 2. The highest BCUT2D eigenvalue weighted by atomic mass is 35.5. The number of amides is 2. The van der Waals surface area contributed by atoms with Crippen molar-refractivity contribution in [2.75, 3.05) is 25.7 Å². The van der Waals surface area contributed by atoms with Gasteiger partial charge in [-0.25, -0.2) is 8.42 Å². The van der Waals surface area contributed by atoms with E-state index in [1.54, 1.807) is 0 Å². The van der Waals surface area contributed by atoms with Crippen LogP contribution in [-0.4, -0.2) is 46.0 Å². The van der Waals surface area contributed by atoms with Gasteiger partial charge in [0.25, 0.3) is 5.91 Å². The molecule has 1 aliphatic rings. The molecule has 0 saturated carbocycles. The molecule has 2 N–H and O–H groups in total. The van der Waals surface area contributed by atoms with E-state index in [-0.39, 0.29) is 40.2 Å². The van der Waals surface area contributed by atoms with Crippen LogP contribution >= 0.6 is 11.6 Å². The third-order valence-corrected chi connectivity index (χ3v) is 5.93. The van der Waals surface area contributed by atoms with Crippen LogP contribution in [0.3, 0.4) is 0 Å². The Morgan fingerprint density at radius 3 is 2.52 bits per heavy atom. The summed E-state index contributed by atoms with van der Waals surface area (Å²) >= 11 is 6.03. The van der Waals surface area contributed by atoms with Gasteiger partial charge >= 0.3 is 0 Å². The number of sulfone groups is 1. The van der Waals surface area contributed by atoms with Crippen LogP contribution in [0.5, 0.6) is 11.5 Å². The van der Waals surface area contributed by atoms with E-state index in [1.807, 2.05) is 0 Å². The van der Waals surface area contributed by atoms with Gasteiger partial charge in [0.05, 0.1) is 30.7 Å². The van der Waals surface area contributed by atoms with Crippen molar-refractivity contribution in [1.82, 2.24) is 10.9 Å². The first kappa shape index (κ1) is 19.3. The van der Waals surface area contributed by atoms with E-state index in [9.17, 15) is 18.0 Å². The maximum absolute atomic E-state index is 12.1. The Hall–Kier alpha value is -2.00. The van der Waals surface area contributed by atoms with Crippen molar-refractivity contribution in [1.29, 1.82) is 0 Å². The Morgan fingerprint density at radius 1 is 1.24 bits per heavy atom. The molecule has 0 bridgehead atoms. The molecule has 2 rings (SSSR count). The first-order valence-electron chi connectivity index (χ1n) is 7.47. The highest BCUT2D eigenvalue weighted by Gasteiger charge is 2.29. The summed E-state index contributed by atoms with van der Waals surface area (Å²) in [5, 5.41) is 0.189. The maximum atomic E-state index is 12.1. The lowest BCUT2D eigenvalue weighted by atomic mass is 10.1. The largest absolute Gasteiger partial charge is 0.493 e. The summed E-state index contributed by atoms with van der Waals surface area (Å²) in [5.74, 6) is -0.592. The van der Waals surface area contributed by atoms with E-state index in [0.717, 1.165) is 0 Å². The molecule has 10 heteroatoms. The van der Waals surface area contributed by atoms with Gasteiger partial charge in [0.1, 0.15) is 0 Å². The third-order valence-electron chi connectivity index (χ3n) is 3.81. The second kappa shape index (κ2) is 7.92. The van der Waals surface area contributed by atoms with E-state index < -0.39 is 21.7 Å². The Bertz CT molecular complexity index is 780. The van der Waals surface area contributed by atoms with Crippen LogP contribution in [0, 0.1) is 5.92 Å². The molecule has 0 radical (unpaired) electrons. The predicted molar refractivity (Wildman–Crippen MR) is 91.5 cm³/mol. The first-order chi connectivity index (χ1) is 11.8. The van der Waals surface area contributed by atoms with Crippen molar-refractivity contribution in [3.05, 3.63) is 22.7 Å². The van der Waals surface area contributed by atoms with Crippen LogP contribution in [0.15, 0.2) is 12.1 Å². The number of hydrogen-bond acceptors (Lipinski definition) is 6. The minimum absolute atomic E-state index is 0.000344. The lowest BCUT2D eigenvalue weighted by molar-refractivity contribution is -0.122. The van der Waals surface area contributed by atoms with Crippen LogP contribution in [0.1, 0.15) is 23.2 Å². The number of ether oxygens (including phenoxy) is 2. The minimum Gasteiger partial charge on any atom is -0.493 e.